The summed E-state index contributed by atoms with van der Waals surface area (Å²) in [5, 5.41) is 7.28. The van der Waals surface area contributed by atoms with Gasteiger partial charge in [-0.05, 0) is 37.1 Å². The molecule has 3 aromatic heterocycles. The average Bonchev–Trinajstić information content (AvgIpc) is 3.15. The summed E-state index contributed by atoms with van der Waals surface area (Å²) in [6.07, 6.45) is 5.32. The van der Waals surface area contributed by atoms with Crippen molar-refractivity contribution in [2.45, 2.75) is 13.8 Å². The van der Waals surface area contributed by atoms with Crippen LogP contribution in [0.25, 0.3) is 33.7 Å². The molecule has 4 aromatic rings. The maximum absolute atomic E-state index is 4.63. The molecule has 0 saturated heterocycles. The van der Waals surface area contributed by atoms with Crippen molar-refractivity contribution in [3.05, 3.63) is 54.0 Å². The van der Waals surface area contributed by atoms with Crippen LogP contribution in [0.3, 0.4) is 0 Å². The standard InChI is InChI=1S/C17H15N5/c1-10-3-4-12(7-11(10)2)16-13(8-19-22-16)17-20-14-5-6-18-9-15(14)21-17/h3-9H,1-2H3,(H,19,22)(H,20,21). The minimum atomic E-state index is 0.796. The second-order valence-corrected chi connectivity index (χ2v) is 5.44. The summed E-state index contributed by atoms with van der Waals surface area (Å²) in [7, 11) is 0. The van der Waals surface area contributed by atoms with E-state index in [4.69, 9.17) is 0 Å². The highest BCUT2D eigenvalue weighted by Gasteiger charge is 2.14. The highest BCUT2D eigenvalue weighted by molar-refractivity contribution is 5.83. The van der Waals surface area contributed by atoms with Crippen molar-refractivity contribution in [3.8, 4) is 22.6 Å². The summed E-state index contributed by atoms with van der Waals surface area (Å²) >= 11 is 0. The first-order chi connectivity index (χ1) is 10.7. The van der Waals surface area contributed by atoms with Crippen molar-refractivity contribution >= 4 is 11.0 Å². The number of hydrogen-bond acceptors (Lipinski definition) is 3. The number of aromatic amines is 2. The van der Waals surface area contributed by atoms with E-state index in [0.717, 1.165) is 33.7 Å². The van der Waals surface area contributed by atoms with E-state index in [1.165, 1.54) is 11.1 Å². The molecule has 0 saturated carbocycles. The first-order valence-electron chi connectivity index (χ1n) is 7.13. The molecule has 0 radical (unpaired) electrons. The Morgan fingerprint density at radius 2 is 1.91 bits per heavy atom. The average molecular weight is 289 g/mol. The van der Waals surface area contributed by atoms with Gasteiger partial charge in [0.1, 0.15) is 5.82 Å². The molecule has 5 nitrogen and oxygen atoms in total. The Balaban J connectivity index is 1.87. The van der Waals surface area contributed by atoms with E-state index < -0.39 is 0 Å². The van der Waals surface area contributed by atoms with E-state index >= 15 is 0 Å². The third-order valence-corrected chi connectivity index (χ3v) is 3.97. The number of imidazole rings is 1. The van der Waals surface area contributed by atoms with Crippen LogP contribution in [0.4, 0.5) is 0 Å². The molecular formula is C17H15N5. The molecule has 3 heterocycles. The lowest BCUT2D eigenvalue weighted by Gasteiger charge is -2.05. The third kappa shape index (κ3) is 1.98. The molecule has 4 rings (SSSR count). The molecule has 0 aliphatic heterocycles. The second kappa shape index (κ2) is 4.80. The van der Waals surface area contributed by atoms with E-state index in [1.54, 1.807) is 18.6 Å². The lowest BCUT2D eigenvalue weighted by atomic mass is 10.0. The third-order valence-electron chi connectivity index (χ3n) is 3.97. The van der Waals surface area contributed by atoms with E-state index in [1.807, 2.05) is 6.07 Å². The quantitative estimate of drug-likeness (QED) is 0.592. The molecule has 0 unspecified atom stereocenters. The molecule has 0 aliphatic rings. The molecule has 0 amide bonds. The summed E-state index contributed by atoms with van der Waals surface area (Å²) in [6, 6.07) is 8.28. The Kier molecular flexibility index (Phi) is 2.79. The van der Waals surface area contributed by atoms with Gasteiger partial charge in [0.25, 0.3) is 0 Å². The first kappa shape index (κ1) is 12.8. The minimum Gasteiger partial charge on any atom is -0.337 e. The Hall–Kier alpha value is -2.95. The number of aromatic nitrogens is 5. The Labute approximate surface area is 127 Å². The number of nitrogens with one attached hydrogen (secondary N) is 2. The lowest BCUT2D eigenvalue weighted by molar-refractivity contribution is 1.09. The smallest absolute Gasteiger partial charge is 0.142 e. The fourth-order valence-corrected chi connectivity index (χ4v) is 2.57. The van der Waals surface area contributed by atoms with Crippen molar-refractivity contribution < 1.29 is 0 Å². The molecule has 0 fully saturated rings. The van der Waals surface area contributed by atoms with Gasteiger partial charge in [0.15, 0.2) is 0 Å². The molecule has 0 spiro atoms. The van der Waals surface area contributed by atoms with Gasteiger partial charge in [-0.2, -0.15) is 5.10 Å². The highest BCUT2D eigenvalue weighted by Crippen LogP contribution is 2.30. The zero-order valence-electron chi connectivity index (χ0n) is 12.4. The van der Waals surface area contributed by atoms with E-state index in [9.17, 15) is 0 Å². The van der Waals surface area contributed by atoms with Crippen LogP contribution < -0.4 is 0 Å². The number of H-pyrrole nitrogens is 2. The van der Waals surface area contributed by atoms with Gasteiger partial charge in [-0.15, -0.1) is 0 Å². The molecule has 5 heteroatoms. The van der Waals surface area contributed by atoms with Gasteiger partial charge >= 0.3 is 0 Å². The van der Waals surface area contributed by atoms with Crippen LogP contribution in [-0.4, -0.2) is 25.1 Å². The van der Waals surface area contributed by atoms with Gasteiger partial charge in [0, 0.05) is 11.8 Å². The van der Waals surface area contributed by atoms with E-state index in [-0.39, 0.29) is 0 Å². The maximum Gasteiger partial charge on any atom is 0.142 e. The number of pyridine rings is 1. The normalized spacial score (nSPS) is 11.2. The van der Waals surface area contributed by atoms with Gasteiger partial charge in [-0.3, -0.25) is 10.1 Å². The highest BCUT2D eigenvalue weighted by atomic mass is 15.1. The molecule has 1 aromatic carbocycles. The van der Waals surface area contributed by atoms with Crippen LogP contribution >= 0.6 is 0 Å². The topological polar surface area (TPSA) is 70.2 Å². The summed E-state index contributed by atoms with van der Waals surface area (Å²) in [5.41, 5.74) is 7.39. The van der Waals surface area contributed by atoms with Crippen molar-refractivity contribution in [2.75, 3.05) is 0 Å². The number of hydrogen-bond donors (Lipinski definition) is 2. The molecule has 22 heavy (non-hydrogen) atoms. The van der Waals surface area contributed by atoms with Crippen molar-refractivity contribution in [1.29, 1.82) is 0 Å². The monoisotopic (exact) mass is 289 g/mol. The van der Waals surface area contributed by atoms with E-state index in [2.05, 4.69) is 57.2 Å². The van der Waals surface area contributed by atoms with Gasteiger partial charge in [-0.25, -0.2) is 4.98 Å². The van der Waals surface area contributed by atoms with Crippen molar-refractivity contribution in [1.82, 2.24) is 25.1 Å². The Bertz CT molecular complexity index is 931. The summed E-state index contributed by atoms with van der Waals surface area (Å²) in [4.78, 5) is 12.0. The molecule has 108 valence electrons. The number of nitrogens with zero attached hydrogens (tertiary/aromatic N) is 3. The predicted molar refractivity (Wildman–Crippen MR) is 86.4 cm³/mol. The second-order valence-electron chi connectivity index (χ2n) is 5.44. The zero-order valence-corrected chi connectivity index (χ0v) is 12.4. The zero-order chi connectivity index (χ0) is 15.1. The lowest BCUT2D eigenvalue weighted by Crippen LogP contribution is -1.87. The van der Waals surface area contributed by atoms with Crippen LogP contribution in [0.1, 0.15) is 11.1 Å². The van der Waals surface area contributed by atoms with E-state index in [0.29, 0.717) is 0 Å². The van der Waals surface area contributed by atoms with Crippen LogP contribution in [0.2, 0.25) is 0 Å². The number of benzene rings is 1. The molecule has 0 atom stereocenters. The summed E-state index contributed by atoms with van der Waals surface area (Å²) in [6.45, 7) is 4.22. The Morgan fingerprint density at radius 3 is 2.73 bits per heavy atom. The predicted octanol–water partition coefficient (Wildman–Crippen LogP) is 3.63. The maximum atomic E-state index is 4.63. The SMILES string of the molecule is Cc1ccc(-c2[nH]ncc2-c2nc3ccncc3[nH]2)cc1C. The van der Waals surface area contributed by atoms with Crippen molar-refractivity contribution in [3.63, 3.8) is 0 Å². The summed E-state index contributed by atoms with van der Waals surface area (Å²) < 4.78 is 0. The summed E-state index contributed by atoms with van der Waals surface area (Å²) in [5.74, 6) is 0.796. The largest absolute Gasteiger partial charge is 0.337 e. The van der Waals surface area contributed by atoms with Gasteiger partial charge in [-0.1, -0.05) is 12.1 Å². The molecular weight excluding hydrogens is 274 g/mol. The number of fused-ring (bicyclic) bond motifs is 1. The van der Waals surface area contributed by atoms with Crippen molar-refractivity contribution in [2.24, 2.45) is 0 Å². The van der Waals surface area contributed by atoms with Gasteiger partial charge in [0.05, 0.1) is 34.7 Å². The van der Waals surface area contributed by atoms with Crippen LogP contribution in [0.15, 0.2) is 42.9 Å². The fourth-order valence-electron chi connectivity index (χ4n) is 2.57. The van der Waals surface area contributed by atoms with Gasteiger partial charge < -0.3 is 4.98 Å². The molecule has 2 N–H and O–H groups in total. The van der Waals surface area contributed by atoms with Crippen LogP contribution in [0.5, 0.6) is 0 Å². The minimum absolute atomic E-state index is 0.796. The van der Waals surface area contributed by atoms with Crippen LogP contribution in [0, 0.1) is 13.8 Å². The number of rotatable bonds is 2. The number of aryl methyl sites for hydroxylation is 2. The molecule has 0 bridgehead atoms. The Morgan fingerprint density at radius 1 is 1.00 bits per heavy atom. The van der Waals surface area contributed by atoms with Crippen LogP contribution in [-0.2, 0) is 0 Å². The molecule has 0 aliphatic carbocycles. The fraction of sp³-hybridized carbons (Fsp3) is 0.118. The van der Waals surface area contributed by atoms with Gasteiger partial charge in [0.2, 0.25) is 0 Å². The first-order valence-corrected chi connectivity index (χ1v) is 7.13.